The minimum Gasteiger partial charge on any atom is -0.493 e. The molecule has 0 aromatic heterocycles. The Balaban J connectivity index is 3.27. The highest BCUT2D eigenvalue weighted by Gasteiger charge is 2.32. The number of halogens is 3. The molecule has 0 aliphatic heterocycles. The maximum absolute atomic E-state index is 12.6. The Hall–Kier alpha value is -0.950. The molecule has 0 saturated carbocycles. The van der Waals surface area contributed by atoms with Crippen LogP contribution in [0.1, 0.15) is 5.56 Å². The van der Waals surface area contributed by atoms with Crippen molar-refractivity contribution in [3.8, 4) is 11.5 Å². The zero-order valence-corrected chi connectivity index (χ0v) is 11.8. The Morgan fingerprint density at radius 2 is 1.80 bits per heavy atom. The van der Waals surface area contributed by atoms with E-state index >= 15 is 0 Å². The van der Waals surface area contributed by atoms with Crippen LogP contribution in [-0.2, 0) is 6.42 Å². The van der Waals surface area contributed by atoms with Gasteiger partial charge in [-0.1, -0.05) is 5.34 Å². The molecular formula is C11H12B2F3NO2S. The highest BCUT2D eigenvalue weighted by Crippen LogP contribution is 2.45. The first-order valence-corrected chi connectivity index (χ1v) is 6.24. The van der Waals surface area contributed by atoms with Crippen LogP contribution in [0, 0.1) is 0 Å². The van der Waals surface area contributed by atoms with Crippen molar-refractivity contribution in [1.82, 2.24) is 0 Å². The fourth-order valence-corrected chi connectivity index (χ4v) is 2.38. The molecule has 0 fully saturated rings. The summed E-state index contributed by atoms with van der Waals surface area (Å²) in [4.78, 5) is -0.140. The summed E-state index contributed by atoms with van der Waals surface area (Å²) in [6, 6.07) is 2.77. The molecule has 0 atom stereocenters. The SMILES string of the molecule is [B]C([B])(N)Cc1cc(OC)c(OC)c(SC(F)(F)F)c1. The van der Waals surface area contributed by atoms with Crippen molar-refractivity contribution in [3.05, 3.63) is 17.7 Å². The Morgan fingerprint density at radius 3 is 2.20 bits per heavy atom. The highest BCUT2D eigenvalue weighted by atomic mass is 32.2. The summed E-state index contributed by atoms with van der Waals surface area (Å²) in [5.74, 6) is 0.149. The summed E-state index contributed by atoms with van der Waals surface area (Å²) in [6.07, 6.45) is -0.0151. The van der Waals surface area contributed by atoms with Gasteiger partial charge in [0.05, 0.1) is 34.8 Å². The number of ether oxygens (including phenoxy) is 2. The van der Waals surface area contributed by atoms with Gasteiger partial charge in [0.15, 0.2) is 11.5 Å². The van der Waals surface area contributed by atoms with E-state index in [4.69, 9.17) is 30.9 Å². The molecule has 2 N–H and O–H groups in total. The average molecular weight is 301 g/mol. The molecule has 4 radical (unpaired) electrons. The molecular weight excluding hydrogens is 289 g/mol. The van der Waals surface area contributed by atoms with E-state index in [1.54, 1.807) is 0 Å². The fourth-order valence-electron chi connectivity index (χ4n) is 1.64. The number of alkyl halides is 3. The minimum absolute atomic E-state index is 0.00441. The summed E-state index contributed by atoms with van der Waals surface area (Å²) in [5.41, 5.74) is 1.42. The molecule has 1 rings (SSSR count). The zero-order chi connectivity index (χ0) is 15.6. The summed E-state index contributed by atoms with van der Waals surface area (Å²) in [7, 11) is 13.5. The molecule has 0 heterocycles. The van der Waals surface area contributed by atoms with E-state index in [1.165, 1.54) is 26.4 Å². The molecule has 0 aliphatic rings. The van der Waals surface area contributed by atoms with Crippen molar-refractivity contribution in [2.45, 2.75) is 22.2 Å². The number of hydrogen-bond acceptors (Lipinski definition) is 4. The second-order valence-corrected chi connectivity index (χ2v) is 5.27. The lowest BCUT2D eigenvalue weighted by Gasteiger charge is -2.21. The largest absolute Gasteiger partial charge is 0.493 e. The normalized spacial score (nSPS) is 12.3. The molecule has 20 heavy (non-hydrogen) atoms. The standard InChI is InChI=1S/C11H12B2F3NO2S/c1-18-7-3-6(5-10(12,13)17)4-8(9(7)19-2)20-11(14,15)16/h3-4H,5,17H2,1-2H3. The van der Waals surface area contributed by atoms with Crippen LogP contribution in [0.5, 0.6) is 11.5 Å². The number of hydrogen-bond donors (Lipinski definition) is 1. The van der Waals surface area contributed by atoms with Gasteiger partial charge in [0.2, 0.25) is 0 Å². The number of thioether (sulfide) groups is 1. The lowest BCUT2D eigenvalue weighted by Crippen LogP contribution is -2.43. The van der Waals surface area contributed by atoms with E-state index in [0.29, 0.717) is 5.56 Å². The smallest absolute Gasteiger partial charge is 0.446 e. The van der Waals surface area contributed by atoms with Crippen LogP contribution in [-0.4, -0.2) is 40.8 Å². The van der Waals surface area contributed by atoms with Crippen LogP contribution in [0.4, 0.5) is 13.2 Å². The van der Waals surface area contributed by atoms with Gasteiger partial charge in [0, 0.05) is 0 Å². The van der Waals surface area contributed by atoms with Crippen molar-refractivity contribution in [2.24, 2.45) is 5.73 Å². The number of rotatable bonds is 5. The van der Waals surface area contributed by atoms with Crippen LogP contribution in [0.3, 0.4) is 0 Å². The number of methoxy groups -OCH3 is 2. The van der Waals surface area contributed by atoms with E-state index in [2.05, 4.69) is 0 Å². The molecule has 0 aliphatic carbocycles. The van der Waals surface area contributed by atoms with Crippen LogP contribution in [0.2, 0.25) is 0 Å². The van der Waals surface area contributed by atoms with Gasteiger partial charge in [0.1, 0.15) is 0 Å². The van der Waals surface area contributed by atoms with Gasteiger partial charge in [-0.3, -0.25) is 0 Å². The maximum Gasteiger partial charge on any atom is 0.446 e. The molecule has 0 amide bonds. The molecule has 3 nitrogen and oxygen atoms in total. The molecule has 106 valence electrons. The molecule has 0 bridgehead atoms. The second kappa shape index (κ2) is 6.22. The predicted molar refractivity (Wildman–Crippen MR) is 73.6 cm³/mol. The monoisotopic (exact) mass is 301 g/mol. The first-order valence-electron chi connectivity index (χ1n) is 5.43. The molecule has 0 saturated heterocycles. The van der Waals surface area contributed by atoms with Gasteiger partial charge >= 0.3 is 5.51 Å². The van der Waals surface area contributed by atoms with E-state index in [-0.39, 0.29) is 34.6 Å². The summed E-state index contributed by atoms with van der Waals surface area (Å²) in [6.45, 7) is 0. The third kappa shape index (κ3) is 5.20. The third-order valence-electron chi connectivity index (χ3n) is 2.24. The van der Waals surface area contributed by atoms with Crippen LogP contribution >= 0.6 is 11.8 Å². The van der Waals surface area contributed by atoms with E-state index in [0.717, 1.165) is 0 Å². The molecule has 0 spiro atoms. The first-order chi connectivity index (χ1) is 9.05. The average Bonchev–Trinajstić information content (AvgIpc) is 2.23. The van der Waals surface area contributed by atoms with Gasteiger partial charge < -0.3 is 15.2 Å². The lowest BCUT2D eigenvalue weighted by atomic mass is 9.60. The van der Waals surface area contributed by atoms with Crippen molar-refractivity contribution in [2.75, 3.05) is 14.2 Å². The minimum atomic E-state index is -4.46. The van der Waals surface area contributed by atoms with Crippen molar-refractivity contribution in [1.29, 1.82) is 0 Å². The van der Waals surface area contributed by atoms with Gasteiger partial charge in [-0.25, -0.2) is 0 Å². The number of benzene rings is 1. The number of nitrogens with two attached hydrogens (primary N) is 1. The van der Waals surface area contributed by atoms with E-state index in [1.807, 2.05) is 0 Å². The Bertz CT molecular complexity index is 478. The molecule has 9 heteroatoms. The van der Waals surface area contributed by atoms with Crippen molar-refractivity contribution in [3.63, 3.8) is 0 Å². The summed E-state index contributed by atoms with van der Waals surface area (Å²) in [5, 5.41) is -1.53. The van der Waals surface area contributed by atoms with Gasteiger partial charge in [-0.15, -0.1) is 0 Å². The molecule has 1 aromatic carbocycles. The Morgan fingerprint density at radius 1 is 1.20 bits per heavy atom. The summed E-state index contributed by atoms with van der Waals surface area (Å²) >= 11 is -0.306. The van der Waals surface area contributed by atoms with Gasteiger partial charge in [-0.05, 0) is 35.9 Å². The zero-order valence-electron chi connectivity index (χ0n) is 11.0. The van der Waals surface area contributed by atoms with Crippen LogP contribution in [0.25, 0.3) is 0 Å². The Labute approximate surface area is 122 Å². The molecule has 0 unspecified atom stereocenters. The van der Waals surface area contributed by atoms with E-state index < -0.39 is 10.8 Å². The topological polar surface area (TPSA) is 44.5 Å². The van der Waals surface area contributed by atoms with Crippen LogP contribution in [0.15, 0.2) is 17.0 Å². The third-order valence-corrected chi connectivity index (χ3v) is 3.00. The maximum atomic E-state index is 12.6. The van der Waals surface area contributed by atoms with Gasteiger partial charge in [0.25, 0.3) is 0 Å². The highest BCUT2D eigenvalue weighted by molar-refractivity contribution is 8.00. The predicted octanol–water partition coefficient (Wildman–Crippen LogP) is 1.81. The van der Waals surface area contributed by atoms with Crippen molar-refractivity contribution < 1.29 is 22.6 Å². The van der Waals surface area contributed by atoms with Crippen LogP contribution < -0.4 is 15.2 Å². The summed E-state index contributed by atoms with van der Waals surface area (Å²) < 4.78 is 47.6. The quantitative estimate of drug-likeness (QED) is 0.665. The fraction of sp³-hybridized carbons (Fsp3) is 0.455. The van der Waals surface area contributed by atoms with Crippen molar-refractivity contribution >= 4 is 27.5 Å². The van der Waals surface area contributed by atoms with Gasteiger partial charge in [-0.2, -0.15) is 13.2 Å². The Kier molecular flexibility index (Phi) is 5.32. The lowest BCUT2D eigenvalue weighted by molar-refractivity contribution is -0.0328. The van der Waals surface area contributed by atoms with E-state index in [9.17, 15) is 13.2 Å². The second-order valence-electron chi connectivity index (χ2n) is 4.17. The molecule has 1 aromatic rings. The first kappa shape index (κ1) is 17.1.